The van der Waals surface area contributed by atoms with Crippen LogP contribution >= 0.6 is 11.6 Å². The number of benzene rings is 3. The van der Waals surface area contributed by atoms with Crippen molar-refractivity contribution in [1.29, 1.82) is 0 Å². The predicted molar refractivity (Wildman–Crippen MR) is 141 cm³/mol. The van der Waals surface area contributed by atoms with Gasteiger partial charge in [-0.3, -0.25) is 14.4 Å². The molecule has 3 N–H and O–H groups in total. The first kappa shape index (κ1) is 25.6. The van der Waals surface area contributed by atoms with Gasteiger partial charge in [-0.2, -0.15) is 0 Å². The van der Waals surface area contributed by atoms with Gasteiger partial charge in [0.2, 0.25) is 11.8 Å². The van der Waals surface area contributed by atoms with Crippen LogP contribution in [0.25, 0.3) is 0 Å². The molecule has 0 radical (unpaired) electrons. The molecule has 7 heteroatoms. The summed E-state index contributed by atoms with van der Waals surface area (Å²) >= 11 is 6.11. The number of halogens is 1. The second kappa shape index (κ2) is 10.2. The summed E-state index contributed by atoms with van der Waals surface area (Å²) in [5.41, 5.74) is 1.79. The topological polar surface area (TPSA) is 95.5 Å². The summed E-state index contributed by atoms with van der Waals surface area (Å²) in [4.78, 5) is 40.7. The van der Waals surface area contributed by atoms with E-state index in [2.05, 4.69) is 10.6 Å². The number of carbonyl (C=O) groups excluding carboxylic acids is 3. The van der Waals surface area contributed by atoms with Gasteiger partial charge in [0.25, 0.3) is 0 Å². The molecule has 6 nitrogen and oxygen atoms in total. The van der Waals surface area contributed by atoms with E-state index >= 15 is 0 Å². The van der Waals surface area contributed by atoms with Crippen LogP contribution in [0.1, 0.15) is 36.0 Å². The highest BCUT2D eigenvalue weighted by Crippen LogP contribution is 2.47. The van der Waals surface area contributed by atoms with E-state index in [4.69, 9.17) is 11.6 Å². The smallest absolute Gasteiger partial charge is 0.235 e. The quantitative estimate of drug-likeness (QED) is 0.412. The summed E-state index contributed by atoms with van der Waals surface area (Å²) < 4.78 is 0. The Bertz CT molecular complexity index is 1300. The zero-order valence-corrected chi connectivity index (χ0v) is 21.2. The van der Waals surface area contributed by atoms with Crippen molar-refractivity contribution >= 4 is 40.6 Å². The largest absolute Gasteiger partial charge is 0.389 e. The molecule has 1 saturated carbocycles. The van der Waals surface area contributed by atoms with Gasteiger partial charge in [0.1, 0.15) is 11.7 Å². The molecular formula is C29H29ClN2O4. The predicted octanol–water partition coefficient (Wildman–Crippen LogP) is 5.27. The highest BCUT2D eigenvalue weighted by molar-refractivity contribution is 6.30. The first-order valence-electron chi connectivity index (χ1n) is 11.8. The summed E-state index contributed by atoms with van der Waals surface area (Å²) in [6.07, 6.45) is -0.325. The maximum Gasteiger partial charge on any atom is 0.235 e. The number of hydrogen-bond donors (Lipinski definition) is 3. The molecule has 0 spiro atoms. The lowest BCUT2D eigenvalue weighted by molar-refractivity contribution is -0.150. The van der Waals surface area contributed by atoms with Crippen molar-refractivity contribution < 1.29 is 19.5 Å². The Morgan fingerprint density at radius 2 is 1.36 bits per heavy atom. The van der Waals surface area contributed by atoms with Gasteiger partial charge in [-0.1, -0.05) is 60.1 Å². The number of carbonyl (C=O) groups is 3. The Hall–Kier alpha value is -3.48. The molecule has 0 aliphatic heterocycles. The Labute approximate surface area is 215 Å². The molecule has 3 aromatic rings. The Balaban J connectivity index is 1.78. The lowest BCUT2D eigenvalue weighted by Gasteiger charge is -2.44. The van der Waals surface area contributed by atoms with E-state index in [1.807, 2.05) is 38.1 Å². The van der Waals surface area contributed by atoms with Gasteiger partial charge in [0, 0.05) is 28.7 Å². The van der Waals surface area contributed by atoms with Crippen molar-refractivity contribution in [3.05, 3.63) is 94.5 Å². The summed E-state index contributed by atoms with van der Waals surface area (Å²) in [5.74, 6) is -4.58. The van der Waals surface area contributed by atoms with Crippen molar-refractivity contribution in [3.63, 3.8) is 0 Å². The number of nitrogens with one attached hydrogen (secondary N) is 2. The van der Waals surface area contributed by atoms with E-state index < -0.39 is 41.0 Å². The van der Waals surface area contributed by atoms with E-state index in [9.17, 15) is 19.5 Å². The highest BCUT2D eigenvalue weighted by atomic mass is 35.5. The van der Waals surface area contributed by atoms with Crippen molar-refractivity contribution in [2.45, 2.75) is 38.7 Å². The van der Waals surface area contributed by atoms with Gasteiger partial charge in [-0.15, -0.1) is 0 Å². The van der Waals surface area contributed by atoms with Crippen LogP contribution in [0.2, 0.25) is 5.02 Å². The second-order valence-electron chi connectivity index (χ2n) is 9.64. The molecular weight excluding hydrogens is 476 g/mol. The van der Waals surface area contributed by atoms with Crippen molar-refractivity contribution in [2.24, 2.45) is 11.8 Å². The molecule has 0 unspecified atom stereocenters. The van der Waals surface area contributed by atoms with Crippen LogP contribution in [0, 0.1) is 25.7 Å². The molecule has 1 aliphatic rings. The number of ketones is 1. The van der Waals surface area contributed by atoms with Gasteiger partial charge < -0.3 is 15.7 Å². The average molecular weight is 505 g/mol. The van der Waals surface area contributed by atoms with E-state index in [1.165, 1.54) is 6.92 Å². The van der Waals surface area contributed by atoms with E-state index in [-0.39, 0.29) is 6.42 Å². The molecule has 3 aromatic carbocycles. The number of amides is 2. The number of para-hydroxylation sites is 2. The average Bonchev–Trinajstić information content (AvgIpc) is 2.81. The Morgan fingerprint density at radius 3 is 1.89 bits per heavy atom. The van der Waals surface area contributed by atoms with Gasteiger partial charge >= 0.3 is 0 Å². The summed E-state index contributed by atoms with van der Waals surface area (Å²) in [6, 6.07) is 21.3. The molecule has 1 fully saturated rings. The summed E-state index contributed by atoms with van der Waals surface area (Å²) in [6.45, 7) is 5.21. The zero-order chi connectivity index (χ0) is 26.0. The first-order valence-corrected chi connectivity index (χ1v) is 12.2. The van der Waals surface area contributed by atoms with Crippen LogP contribution in [0.5, 0.6) is 0 Å². The third kappa shape index (κ3) is 5.20. The van der Waals surface area contributed by atoms with Crippen LogP contribution in [-0.4, -0.2) is 28.3 Å². The minimum absolute atomic E-state index is 0.325. The van der Waals surface area contributed by atoms with Crippen molar-refractivity contribution in [2.75, 3.05) is 10.6 Å². The number of Topliss-reactive ketones (excluding diaryl/α,β-unsaturated/α-hetero) is 1. The van der Waals surface area contributed by atoms with Crippen LogP contribution in [0.3, 0.4) is 0 Å². The Morgan fingerprint density at radius 1 is 0.861 bits per heavy atom. The third-order valence-corrected chi connectivity index (χ3v) is 7.14. The molecule has 4 rings (SSSR count). The molecule has 0 bridgehead atoms. The van der Waals surface area contributed by atoms with Crippen LogP contribution in [-0.2, 0) is 14.4 Å². The van der Waals surface area contributed by atoms with E-state index in [0.717, 1.165) is 11.1 Å². The van der Waals surface area contributed by atoms with Gasteiger partial charge in [0.05, 0.1) is 11.5 Å². The monoisotopic (exact) mass is 504 g/mol. The highest BCUT2D eigenvalue weighted by Gasteiger charge is 2.55. The second-order valence-corrected chi connectivity index (χ2v) is 10.1. The molecule has 4 atom stereocenters. The molecule has 186 valence electrons. The van der Waals surface area contributed by atoms with Crippen molar-refractivity contribution in [3.8, 4) is 0 Å². The van der Waals surface area contributed by atoms with Gasteiger partial charge in [-0.05, 0) is 61.7 Å². The van der Waals surface area contributed by atoms with Crippen LogP contribution in [0.15, 0.2) is 72.8 Å². The van der Waals surface area contributed by atoms with E-state index in [0.29, 0.717) is 22.0 Å². The molecule has 0 aromatic heterocycles. The minimum atomic E-state index is -1.67. The maximum absolute atomic E-state index is 13.7. The molecule has 2 amide bonds. The minimum Gasteiger partial charge on any atom is -0.389 e. The lowest BCUT2D eigenvalue weighted by Crippen LogP contribution is -2.56. The number of anilines is 2. The number of rotatable bonds is 5. The molecule has 0 heterocycles. The zero-order valence-electron chi connectivity index (χ0n) is 20.4. The van der Waals surface area contributed by atoms with Gasteiger partial charge in [-0.25, -0.2) is 0 Å². The van der Waals surface area contributed by atoms with E-state index in [1.54, 1.807) is 48.5 Å². The fourth-order valence-corrected chi connectivity index (χ4v) is 5.15. The molecule has 1 aliphatic carbocycles. The standard InChI is InChI=1S/C29H29ClN2O4/c1-17-8-4-6-10-21(17)31-27(34)25-23(33)16-29(3,36)26(24(25)19-12-14-20(30)15-13-19)28(35)32-22-11-7-5-9-18(22)2/h4-15,24-26,36H,16H2,1-3H3,(H,31,34)(H,32,35)/t24-,25-,26+,29+/m1/s1. The number of aliphatic hydroxyl groups is 1. The Kier molecular flexibility index (Phi) is 7.29. The lowest BCUT2D eigenvalue weighted by atomic mass is 9.61. The SMILES string of the molecule is Cc1ccccc1NC(=O)[C@@H]1C(=O)C[C@](C)(O)[C@H](C(=O)Nc2ccccc2C)[C@@H]1c1ccc(Cl)cc1. The fourth-order valence-electron chi connectivity index (χ4n) is 5.02. The summed E-state index contributed by atoms with van der Waals surface area (Å²) in [7, 11) is 0. The van der Waals surface area contributed by atoms with Crippen LogP contribution in [0.4, 0.5) is 11.4 Å². The summed E-state index contributed by atoms with van der Waals surface area (Å²) in [5, 5.41) is 17.7. The fraction of sp³-hybridized carbons (Fsp3) is 0.276. The maximum atomic E-state index is 13.7. The van der Waals surface area contributed by atoms with Gasteiger partial charge in [0.15, 0.2) is 0 Å². The third-order valence-electron chi connectivity index (χ3n) is 6.89. The first-order chi connectivity index (χ1) is 17.1. The van der Waals surface area contributed by atoms with Crippen molar-refractivity contribution in [1.82, 2.24) is 0 Å². The number of hydrogen-bond acceptors (Lipinski definition) is 4. The normalized spacial score (nSPS) is 23.7. The molecule has 36 heavy (non-hydrogen) atoms. The molecule has 0 saturated heterocycles. The number of aryl methyl sites for hydroxylation is 2. The van der Waals surface area contributed by atoms with Crippen LogP contribution < -0.4 is 10.6 Å².